The molecular formula is C19H29N3O2S. The predicted molar refractivity (Wildman–Crippen MR) is 101 cm³/mol. The van der Waals surface area contributed by atoms with Crippen molar-refractivity contribution in [3.63, 3.8) is 0 Å². The molecule has 138 valence electrons. The summed E-state index contributed by atoms with van der Waals surface area (Å²) in [5, 5.41) is 0. The molecular weight excluding hydrogens is 334 g/mol. The van der Waals surface area contributed by atoms with Gasteiger partial charge in [-0.25, -0.2) is 8.42 Å². The van der Waals surface area contributed by atoms with Gasteiger partial charge in [0, 0.05) is 56.2 Å². The maximum absolute atomic E-state index is 11.6. The van der Waals surface area contributed by atoms with E-state index >= 15 is 0 Å². The molecule has 0 N–H and O–H groups in total. The van der Waals surface area contributed by atoms with Crippen molar-refractivity contribution >= 4 is 15.5 Å². The minimum atomic E-state index is -3.11. The van der Waals surface area contributed by atoms with Gasteiger partial charge in [-0.1, -0.05) is 0 Å². The largest absolute Gasteiger partial charge is 0.369 e. The molecule has 3 saturated heterocycles. The number of piperazine rings is 1. The molecule has 2 bridgehead atoms. The van der Waals surface area contributed by atoms with Crippen LogP contribution in [0.2, 0.25) is 0 Å². The Labute approximate surface area is 151 Å². The number of nitrogens with zero attached hydrogens (tertiary/aromatic N) is 3. The van der Waals surface area contributed by atoms with Gasteiger partial charge in [0.05, 0.1) is 4.90 Å². The molecule has 0 saturated carbocycles. The second-order valence-electron chi connectivity index (χ2n) is 7.96. The lowest BCUT2D eigenvalue weighted by atomic mass is 9.96. The Hall–Kier alpha value is -1.11. The zero-order chi connectivity index (χ0) is 17.6. The summed E-state index contributed by atoms with van der Waals surface area (Å²) < 4.78 is 23.2. The molecule has 0 aliphatic carbocycles. The average molecular weight is 364 g/mol. The second kappa shape index (κ2) is 6.56. The fraction of sp³-hybridized carbons (Fsp3) is 0.684. The van der Waals surface area contributed by atoms with Crippen LogP contribution in [0.25, 0.3) is 0 Å². The molecule has 1 aromatic carbocycles. The molecule has 3 aliphatic rings. The zero-order valence-corrected chi connectivity index (χ0v) is 16.1. The fourth-order valence-electron chi connectivity index (χ4n) is 4.93. The molecule has 5 nitrogen and oxygen atoms in total. The van der Waals surface area contributed by atoms with Gasteiger partial charge >= 0.3 is 0 Å². The van der Waals surface area contributed by atoms with Gasteiger partial charge in [-0.05, 0) is 57.0 Å². The summed E-state index contributed by atoms with van der Waals surface area (Å²) in [5.74, 6) is 0. The van der Waals surface area contributed by atoms with E-state index in [1.165, 1.54) is 31.9 Å². The molecule has 0 amide bonds. The van der Waals surface area contributed by atoms with Crippen molar-refractivity contribution in [1.82, 2.24) is 9.80 Å². The summed E-state index contributed by atoms with van der Waals surface area (Å²) in [7, 11) is -0.811. The van der Waals surface area contributed by atoms with Crippen molar-refractivity contribution < 1.29 is 8.42 Å². The van der Waals surface area contributed by atoms with Gasteiger partial charge in [-0.15, -0.1) is 0 Å². The van der Waals surface area contributed by atoms with Gasteiger partial charge < -0.3 is 9.80 Å². The Bertz CT molecular complexity index is 697. The summed E-state index contributed by atoms with van der Waals surface area (Å²) in [5.41, 5.74) is 1.13. The highest BCUT2D eigenvalue weighted by Crippen LogP contribution is 2.36. The molecule has 1 aromatic rings. The maximum atomic E-state index is 11.6. The van der Waals surface area contributed by atoms with Crippen LogP contribution < -0.4 is 4.90 Å². The van der Waals surface area contributed by atoms with Gasteiger partial charge in [0.25, 0.3) is 0 Å². The van der Waals surface area contributed by atoms with Crippen molar-refractivity contribution in [2.45, 2.75) is 48.7 Å². The summed E-state index contributed by atoms with van der Waals surface area (Å²) in [6.45, 7) is 4.28. The molecule has 2 atom stereocenters. The second-order valence-corrected chi connectivity index (χ2v) is 9.98. The number of benzene rings is 1. The van der Waals surface area contributed by atoms with Crippen LogP contribution in [0.3, 0.4) is 0 Å². The van der Waals surface area contributed by atoms with E-state index in [1.807, 2.05) is 12.1 Å². The Morgan fingerprint density at radius 2 is 1.44 bits per heavy atom. The number of sulfone groups is 1. The minimum Gasteiger partial charge on any atom is -0.369 e. The molecule has 2 unspecified atom stereocenters. The minimum absolute atomic E-state index is 0.400. The van der Waals surface area contributed by atoms with Crippen LogP contribution in [0.15, 0.2) is 29.2 Å². The first kappa shape index (κ1) is 17.3. The van der Waals surface area contributed by atoms with Gasteiger partial charge in [0.2, 0.25) is 0 Å². The van der Waals surface area contributed by atoms with Gasteiger partial charge in [0.15, 0.2) is 9.84 Å². The molecule has 6 heteroatoms. The van der Waals surface area contributed by atoms with Gasteiger partial charge in [-0.2, -0.15) is 0 Å². The van der Waals surface area contributed by atoms with Crippen LogP contribution in [0.4, 0.5) is 5.69 Å². The van der Waals surface area contributed by atoms with Crippen LogP contribution in [0.1, 0.15) is 25.7 Å². The Balaban J connectivity index is 1.36. The number of anilines is 1. The van der Waals surface area contributed by atoms with Crippen molar-refractivity contribution in [3.8, 4) is 0 Å². The first-order valence-electron chi connectivity index (χ1n) is 9.43. The molecule has 25 heavy (non-hydrogen) atoms. The lowest BCUT2D eigenvalue weighted by molar-refractivity contribution is 0.0719. The maximum Gasteiger partial charge on any atom is 0.175 e. The predicted octanol–water partition coefficient (Wildman–Crippen LogP) is 1.84. The van der Waals surface area contributed by atoms with E-state index in [0.717, 1.165) is 50.0 Å². The summed E-state index contributed by atoms with van der Waals surface area (Å²) in [6, 6.07) is 9.69. The Morgan fingerprint density at radius 1 is 0.880 bits per heavy atom. The van der Waals surface area contributed by atoms with E-state index in [9.17, 15) is 8.42 Å². The van der Waals surface area contributed by atoms with Crippen molar-refractivity contribution in [2.75, 3.05) is 44.4 Å². The van der Waals surface area contributed by atoms with Gasteiger partial charge in [-0.3, -0.25) is 4.90 Å². The number of hydrogen-bond donors (Lipinski definition) is 0. The standard InChI is InChI=1S/C19H29N3O2S/c1-20-16-3-4-17(20)14-18(13-16)22-11-9-21(10-12-22)15-5-7-19(8-6-15)25(2,23)24/h5-8,16-18H,3-4,9-14H2,1-2H3. The molecule has 3 aliphatic heterocycles. The first-order valence-corrected chi connectivity index (χ1v) is 11.3. The third-order valence-electron chi connectivity index (χ3n) is 6.53. The van der Waals surface area contributed by atoms with Crippen molar-refractivity contribution in [3.05, 3.63) is 24.3 Å². The molecule has 3 fully saturated rings. The Kier molecular flexibility index (Phi) is 4.54. The van der Waals surface area contributed by atoms with Crippen LogP contribution in [0.5, 0.6) is 0 Å². The summed E-state index contributed by atoms with van der Waals surface area (Å²) >= 11 is 0. The third kappa shape index (κ3) is 3.44. The van der Waals surface area contributed by atoms with Gasteiger partial charge in [0.1, 0.15) is 0 Å². The monoisotopic (exact) mass is 363 g/mol. The highest BCUT2D eigenvalue weighted by Gasteiger charge is 2.40. The highest BCUT2D eigenvalue weighted by molar-refractivity contribution is 7.90. The van der Waals surface area contributed by atoms with E-state index in [1.54, 1.807) is 12.1 Å². The molecule has 0 aromatic heterocycles. The lowest BCUT2D eigenvalue weighted by Gasteiger charge is -2.45. The molecule has 4 rings (SSSR count). The topological polar surface area (TPSA) is 43.9 Å². The van der Waals surface area contributed by atoms with E-state index in [2.05, 4.69) is 21.7 Å². The number of piperidine rings is 1. The first-order chi connectivity index (χ1) is 11.9. The highest BCUT2D eigenvalue weighted by atomic mass is 32.2. The number of fused-ring (bicyclic) bond motifs is 2. The van der Waals surface area contributed by atoms with Crippen LogP contribution in [0, 0.1) is 0 Å². The zero-order valence-electron chi connectivity index (χ0n) is 15.3. The van der Waals surface area contributed by atoms with Crippen LogP contribution in [-0.4, -0.2) is 75.8 Å². The average Bonchev–Trinajstić information content (AvgIpc) is 2.82. The smallest absolute Gasteiger partial charge is 0.175 e. The van der Waals surface area contributed by atoms with E-state index < -0.39 is 9.84 Å². The third-order valence-corrected chi connectivity index (χ3v) is 7.66. The number of rotatable bonds is 3. The van der Waals surface area contributed by atoms with E-state index in [-0.39, 0.29) is 0 Å². The quantitative estimate of drug-likeness (QED) is 0.820. The Morgan fingerprint density at radius 3 is 1.96 bits per heavy atom. The van der Waals surface area contributed by atoms with Crippen molar-refractivity contribution in [2.24, 2.45) is 0 Å². The summed E-state index contributed by atoms with van der Waals surface area (Å²) in [4.78, 5) is 8.08. The van der Waals surface area contributed by atoms with E-state index in [4.69, 9.17) is 0 Å². The van der Waals surface area contributed by atoms with Crippen molar-refractivity contribution in [1.29, 1.82) is 0 Å². The molecule has 3 heterocycles. The SMILES string of the molecule is CN1C2CCC1CC(N1CCN(c3ccc(S(C)(=O)=O)cc3)CC1)C2. The summed E-state index contributed by atoms with van der Waals surface area (Å²) in [6.07, 6.45) is 6.68. The van der Waals surface area contributed by atoms with Crippen LogP contribution in [-0.2, 0) is 9.84 Å². The molecule has 0 radical (unpaired) electrons. The number of hydrogen-bond acceptors (Lipinski definition) is 5. The fourth-order valence-corrected chi connectivity index (χ4v) is 5.56. The molecule has 0 spiro atoms. The lowest BCUT2D eigenvalue weighted by Crippen LogP contribution is -2.55. The normalized spacial score (nSPS) is 31.4. The van der Waals surface area contributed by atoms with E-state index in [0.29, 0.717) is 4.90 Å². The van der Waals surface area contributed by atoms with Crippen LogP contribution >= 0.6 is 0 Å².